The number of hydrogen-bond acceptors (Lipinski definition) is 3. The van der Waals surface area contributed by atoms with E-state index in [0.29, 0.717) is 0 Å². The molecule has 1 aliphatic heterocycles. The van der Waals surface area contributed by atoms with Crippen LogP contribution in [0, 0.1) is 5.41 Å². The number of rotatable bonds is 3. The largest absolute Gasteiger partial charge is 0.369 e. The van der Waals surface area contributed by atoms with Crippen molar-refractivity contribution in [1.29, 1.82) is 0 Å². The minimum Gasteiger partial charge on any atom is -0.369 e. The fourth-order valence-electron chi connectivity index (χ4n) is 1.93. The average molecular weight is 183 g/mol. The fourth-order valence-corrected chi connectivity index (χ4v) is 1.93. The maximum Gasteiger partial charge on any atom is 0.224 e. The van der Waals surface area contributed by atoms with Crippen LogP contribution < -0.4 is 11.1 Å². The summed E-state index contributed by atoms with van der Waals surface area (Å²) in [4.78, 5) is 13.5. The van der Waals surface area contributed by atoms with E-state index in [-0.39, 0.29) is 11.3 Å². The maximum absolute atomic E-state index is 11.1. The third kappa shape index (κ3) is 1.84. The van der Waals surface area contributed by atoms with Gasteiger partial charge in [0.15, 0.2) is 0 Å². The molecule has 74 valence electrons. The summed E-state index contributed by atoms with van der Waals surface area (Å²) in [5.41, 5.74) is 5.21. The summed E-state index contributed by atoms with van der Waals surface area (Å²) in [5.74, 6) is -0.106. The molecule has 1 aliphatic carbocycles. The molecule has 0 aromatic rings. The summed E-state index contributed by atoms with van der Waals surface area (Å²) in [7, 11) is 0. The van der Waals surface area contributed by atoms with Crippen LogP contribution in [0.4, 0.5) is 0 Å². The normalized spacial score (nSPS) is 27.1. The van der Waals surface area contributed by atoms with Gasteiger partial charge in [-0.05, 0) is 12.8 Å². The minimum atomic E-state index is -0.155. The minimum absolute atomic E-state index is 0.106. The van der Waals surface area contributed by atoms with Crippen molar-refractivity contribution in [3.8, 4) is 0 Å². The Morgan fingerprint density at radius 3 is 2.46 bits per heavy atom. The van der Waals surface area contributed by atoms with Crippen molar-refractivity contribution in [2.24, 2.45) is 11.1 Å². The SMILES string of the molecule is NC(=O)C1(CN2CCNCC2)CC1. The van der Waals surface area contributed by atoms with Crippen LogP contribution in [0.15, 0.2) is 0 Å². The van der Waals surface area contributed by atoms with Crippen LogP contribution in [-0.2, 0) is 4.79 Å². The number of nitrogens with two attached hydrogens (primary N) is 1. The van der Waals surface area contributed by atoms with Crippen LogP contribution in [0.3, 0.4) is 0 Å². The Balaban J connectivity index is 1.86. The lowest BCUT2D eigenvalue weighted by molar-refractivity contribution is -0.123. The molecule has 1 saturated heterocycles. The molecule has 0 aromatic carbocycles. The van der Waals surface area contributed by atoms with E-state index in [1.807, 2.05) is 0 Å². The van der Waals surface area contributed by atoms with Crippen LogP contribution in [-0.4, -0.2) is 43.5 Å². The van der Waals surface area contributed by atoms with Gasteiger partial charge in [-0.2, -0.15) is 0 Å². The van der Waals surface area contributed by atoms with Crippen molar-refractivity contribution in [2.45, 2.75) is 12.8 Å². The zero-order chi connectivity index (χ0) is 9.31. The molecule has 1 amide bonds. The predicted molar refractivity (Wildman–Crippen MR) is 50.2 cm³/mol. The first-order valence-corrected chi connectivity index (χ1v) is 4.96. The molecule has 0 aromatic heterocycles. The van der Waals surface area contributed by atoms with E-state index in [4.69, 9.17) is 5.73 Å². The van der Waals surface area contributed by atoms with Gasteiger partial charge in [0.1, 0.15) is 0 Å². The molecule has 13 heavy (non-hydrogen) atoms. The second-order valence-electron chi connectivity index (χ2n) is 4.17. The van der Waals surface area contributed by atoms with Crippen molar-refractivity contribution in [3.63, 3.8) is 0 Å². The topological polar surface area (TPSA) is 58.4 Å². The number of piperazine rings is 1. The third-order valence-electron chi connectivity index (χ3n) is 3.11. The number of hydrogen-bond donors (Lipinski definition) is 2. The van der Waals surface area contributed by atoms with E-state index in [2.05, 4.69) is 10.2 Å². The predicted octanol–water partition coefficient (Wildman–Crippen LogP) is -0.843. The van der Waals surface area contributed by atoms with Crippen LogP contribution in [0.25, 0.3) is 0 Å². The van der Waals surface area contributed by atoms with Crippen LogP contribution in [0.5, 0.6) is 0 Å². The van der Waals surface area contributed by atoms with Crippen LogP contribution >= 0.6 is 0 Å². The van der Waals surface area contributed by atoms with E-state index in [1.54, 1.807) is 0 Å². The highest BCUT2D eigenvalue weighted by atomic mass is 16.1. The summed E-state index contributed by atoms with van der Waals surface area (Å²) in [6.07, 6.45) is 1.98. The van der Waals surface area contributed by atoms with Gasteiger partial charge in [0, 0.05) is 32.7 Å². The summed E-state index contributed by atoms with van der Waals surface area (Å²) in [6, 6.07) is 0. The van der Waals surface area contributed by atoms with E-state index in [9.17, 15) is 4.79 Å². The van der Waals surface area contributed by atoms with E-state index < -0.39 is 0 Å². The van der Waals surface area contributed by atoms with Gasteiger partial charge in [-0.1, -0.05) is 0 Å². The maximum atomic E-state index is 11.1. The molecule has 3 N–H and O–H groups in total. The first-order chi connectivity index (χ1) is 6.23. The van der Waals surface area contributed by atoms with Gasteiger partial charge in [-0.3, -0.25) is 9.69 Å². The zero-order valence-corrected chi connectivity index (χ0v) is 7.88. The Bertz CT molecular complexity index is 207. The van der Waals surface area contributed by atoms with Gasteiger partial charge >= 0.3 is 0 Å². The number of primary amides is 1. The Hall–Kier alpha value is -0.610. The fraction of sp³-hybridized carbons (Fsp3) is 0.889. The molecule has 0 bridgehead atoms. The molecule has 4 heteroatoms. The van der Waals surface area contributed by atoms with Crippen molar-refractivity contribution < 1.29 is 4.79 Å². The summed E-state index contributed by atoms with van der Waals surface area (Å²) in [6.45, 7) is 5.05. The summed E-state index contributed by atoms with van der Waals surface area (Å²) >= 11 is 0. The Kier molecular flexibility index (Phi) is 2.26. The molecular weight excluding hydrogens is 166 g/mol. The molecule has 0 spiro atoms. The van der Waals surface area contributed by atoms with Gasteiger partial charge in [0.05, 0.1) is 5.41 Å². The average Bonchev–Trinajstić information content (AvgIpc) is 2.87. The molecule has 0 radical (unpaired) electrons. The molecule has 1 saturated carbocycles. The number of amides is 1. The van der Waals surface area contributed by atoms with Gasteiger partial charge < -0.3 is 11.1 Å². The smallest absolute Gasteiger partial charge is 0.224 e. The van der Waals surface area contributed by atoms with Crippen LogP contribution in [0.1, 0.15) is 12.8 Å². The first-order valence-electron chi connectivity index (χ1n) is 4.96. The molecule has 4 nitrogen and oxygen atoms in total. The van der Waals surface area contributed by atoms with E-state index in [0.717, 1.165) is 45.6 Å². The molecule has 0 unspecified atom stereocenters. The van der Waals surface area contributed by atoms with Crippen molar-refractivity contribution >= 4 is 5.91 Å². The van der Waals surface area contributed by atoms with Crippen molar-refractivity contribution in [1.82, 2.24) is 10.2 Å². The summed E-state index contributed by atoms with van der Waals surface area (Å²) < 4.78 is 0. The highest BCUT2D eigenvalue weighted by molar-refractivity contribution is 5.83. The van der Waals surface area contributed by atoms with Gasteiger partial charge in [-0.25, -0.2) is 0 Å². The standard InChI is InChI=1S/C9H17N3O/c10-8(13)9(1-2-9)7-12-5-3-11-4-6-12/h11H,1-7H2,(H2,10,13). The highest BCUT2D eigenvalue weighted by Crippen LogP contribution is 2.45. The van der Waals surface area contributed by atoms with Gasteiger partial charge in [-0.15, -0.1) is 0 Å². The lowest BCUT2D eigenvalue weighted by atomic mass is 10.1. The quantitative estimate of drug-likeness (QED) is 0.599. The lowest BCUT2D eigenvalue weighted by Crippen LogP contribution is -2.47. The van der Waals surface area contributed by atoms with Crippen molar-refractivity contribution in [3.05, 3.63) is 0 Å². The monoisotopic (exact) mass is 183 g/mol. The summed E-state index contributed by atoms with van der Waals surface area (Å²) in [5, 5.41) is 3.29. The molecule has 2 rings (SSSR count). The Labute approximate surface area is 78.5 Å². The number of nitrogens with one attached hydrogen (secondary N) is 1. The first kappa shape index (κ1) is 8.97. The number of carbonyl (C=O) groups excluding carboxylic acids is 1. The lowest BCUT2D eigenvalue weighted by Gasteiger charge is -2.29. The van der Waals surface area contributed by atoms with Gasteiger partial charge in [0.25, 0.3) is 0 Å². The highest BCUT2D eigenvalue weighted by Gasteiger charge is 2.49. The molecule has 2 fully saturated rings. The Morgan fingerprint density at radius 1 is 1.38 bits per heavy atom. The molecular formula is C9H17N3O. The van der Waals surface area contributed by atoms with Crippen molar-refractivity contribution in [2.75, 3.05) is 32.7 Å². The Morgan fingerprint density at radius 2 is 2.00 bits per heavy atom. The van der Waals surface area contributed by atoms with Gasteiger partial charge in [0.2, 0.25) is 5.91 Å². The molecule has 1 heterocycles. The van der Waals surface area contributed by atoms with E-state index in [1.165, 1.54) is 0 Å². The molecule has 0 atom stereocenters. The zero-order valence-electron chi connectivity index (χ0n) is 7.88. The second kappa shape index (κ2) is 3.27. The van der Waals surface area contributed by atoms with E-state index >= 15 is 0 Å². The third-order valence-corrected chi connectivity index (χ3v) is 3.11. The second-order valence-corrected chi connectivity index (χ2v) is 4.17. The number of carbonyl (C=O) groups is 1. The number of nitrogens with zero attached hydrogens (tertiary/aromatic N) is 1. The van der Waals surface area contributed by atoms with Crippen LogP contribution in [0.2, 0.25) is 0 Å². The molecule has 2 aliphatic rings.